The van der Waals surface area contributed by atoms with Gasteiger partial charge in [0, 0.05) is 22.3 Å². The van der Waals surface area contributed by atoms with E-state index in [2.05, 4.69) is 195 Å². The van der Waals surface area contributed by atoms with Gasteiger partial charge in [-0.15, -0.1) is 0 Å². The lowest BCUT2D eigenvalue weighted by Gasteiger charge is -2.42. The van der Waals surface area contributed by atoms with E-state index in [9.17, 15) is 0 Å². The second kappa shape index (κ2) is 14.8. The zero-order valence-corrected chi connectivity index (χ0v) is 39.5. The molecular formula is C61H60N4+2. The predicted molar refractivity (Wildman–Crippen MR) is 268 cm³/mol. The van der Waals surface area contributed by atoms with Crippen molar-refractivity contribution in [3.63, 3.8) is 0 Å². The van der Waals surface area contributed by atoms with Crippen molar-refractivity contribution < 1.29 is 9.15 Å². The highest BCUT2D eigenvalue weighted by atomic mass is 15.6. The molecule has 4 heteroatoms. The molecule has 12 rings (SSSR count). The van der Waals surface area contributed by atoms with Crippen LogP contribution >= 0.6 is 0 Å². The van der Waals surface area contributed by atoms with Crippen LogP contribution < -0.4 is 10.7 Å². The normalized spacial score (nSPS) is 17.4. The van der Waals surface area contributed by atoms with Gasteiger partial charge in [-0.05, 0) is 95.9 Å². The van der Waals surface area contributed by atoms with Crippen LogP contribution in [0.5, 0.6) is 0 Å². The van der Waals surface area contributed by atoms with Crippen molar-refractivity contribution in [1.82, 2.24) is 9.13 Å². The van der Waals surface area contributed by atoms with Gasteiger partial charge in [-0.3, -0.25) is 0 Å². The van der Waals surface area contributed by atoms with E-state index < -0.39 is 5.91 Å². The van der Waals surface area contributed by atoms with Gasteiger partial charge in [-0.25, -0.2) is 0 Å². The maximum absolute atomic E-state index is 2.94. The number of hydrogen-bond donors (Lipinski definition) is 0. The lowest BCUT2D eigenvalue weighted by molar-refractivity contribution is -0.835. The molecule has 0 fully saturated rings. The van der Waals surface area contributed by atoms with Gasteiger partial charge in [-0.1, -0.05) is 186 Å². The van der Waals surface area contributed by atoms with Crippen LogP contribution in [0, 0.1) is 0 Å². The lowest BCUT2D eigenvalue weighted by atomic mass is 9.87. The van der Waals surface area contributed by atoms with E-state index in [4.69, 9.17) is 0 Å². The van der Waals surface area contributed by atoms with Crippen LogP contribution in [-0.2, 0) is 31.6 Å². The second-order valence-electron chi connectivity index (χ2n) is 18.4. The van der Waals surface area contributed by atoms with Crippen LogP contribution in [0.1, 0.15) is 137 Å². The van der Waals surface area contributed by atoms with E-state index in [1.54, 1.807) is 0 Å². The largest absolute Gasteiger partial charge is 0.554 e. The average molecular weight is 849 g/mol. The summed E-state index contributed by atoms with van der Waals surface area (Å²) in [5.41, 5.74) is 30.9. The predicted octanol–water partition coefficient (Wildman–Crippen LogP) is 11.8. The molecule has 65 heavy (non-hydrogen) atoms. The molecule has 1 spiro atoms. The molecule has 8 heterocycles. The molecule has 0 saturated carbocycles. The monoisotopic (exact) mass is 848 g/mol. The fourth-order valence-corrected chi connectivity index (χ4v) is 13.6. The third kappa shape index (κ3) is 4.73. The third-order valence-electron chi connectivity index (χ3n) is 15.7. The molecule has 0 bridgehead atoms. The van der Waals surface area contributed by atoms with E-state index in [1.165, 1.54) is 134 Å². The number of nitrogens with zero attached hydrogens (tertiary/aromatic N) is 4. The Kier molecular flexibility index (Phi) is 9.08. The molecule has 6 aliphatic heterocycles. The smallest absolute Gasteiger partial charge is 0.197 e. The van der Waals surface area contributed by atoms with Crippen LogP contribution in [0.3, 0.4) is 0 Å². The summed E-state index contributed by atoms with van der Waals surface area (Å²) in [7, 11) is 0. The minimum absolute atomic E-state index is 0.832. The SMILES string of the molecule is CCC1=C(CC)C2=[N+]3C1=C(c1ccccc1)c1c(CC)c(CC)c4n1C31n3c(c(CC)c(CC)c3=C(c3ccccc3)C3=[N+]1C(=C4c1ccccc1)C(CC)=C3CC)=C2c1ccccc1. The first-order valence-corrected chi connectivity index (χ1v) is 24.8. The number of allylic oxidation sites excluding steroid dienone is 4. The van der Waals surface area contributed by atoms with Gasteiger partial charge in [0.2, 0.25) is 22.8 Å². The average Bonchev–Trinajstić information content (AvgIpc) is 4.09. The molecule has 0 radical (unpaired) electrons. The fraction of sp³-hybridized carbons (Fsp3) is 0.279. The molecule has 0 atom stereocenters. The summed E-state index contributed by atoms with van der Waals surface area (Å²) in [6.45, 7) is 19.3. The third-order valence-corrected chi connectivity index (χ3v) is 15.7. The lowest BCUT2D eigenvalue weighted by Crippen LogP contribution is -2.72. The Labute approximate surface area is 384 Å². The van der Waals surface area contributed by atoms with Crippen molar-refractivity contribution in [3.05, 3.63) is 222 Å². The Hall–Kier alpha value is -6.52. The fourth-order valence-electron chi connectivity index (χ4n) is 13.6. The van der Waals surface area contributed by atoms with E-state index in [1.807, 2.05) is 0 Å². The molecule has 0 aliphatic carbocycles. The summed E-state index contributed by atoms with van der Waals surface area (Å²) in [5.74, 6) is -0.832. The van der Waals surface area contributed by atoms with Gasteiger partial charge < -0.3 is 0 Å². The quantitative estimate of drug-likeness (QED) is 0.109. The minimum atomic E-state index is -0.832. The first kappa shape index (κ1) is 40.0. The Bertz CT molecular complexity index is 3170. The molecule has 2 aromatic heterocycles. The Morgan fingerprint density at radius 3 is 0.938 bits per heavy atom. The van der Waals surface area contributed by atoms with Crippen LogP contribution in [0.15, 0.2) is 155 Å². The van der Waals surface area contributed by atoms with Crippen molar-refractivity contribution >= 4 is 33.7 Å². The summed E-state index contributed by atoms with van der Waals surface area (Å²) in [6.07, 6.45) is 7.55. The first-order valence-electron chi connectivity index (χ1n) is 24.8. The molecule has 0 saturated heterocycles. The maximum Gasteiger partial charge on any atom is 0.554 e. The van der Waals surface area contributed by atoms with E-state index in [-0.39, 0.29) is 0 Å². The van der Waals surface area contributed by atoms with Gasteiger partial charge in [0.25, 0.3) is 0 Å². The van der Waals surface area contributed by atoms with Crippen molar-refractivity contribution in [2.24, 2.45) is 0 Å². The Morgan fingerprint density at radius 2 is 0.646 bits per heavy atom. The summed E-state index contributed by atoms with van der Waals surface area (Å²) in [5, 5.41) is 2.78. The van der Waals surface area contributed by atoms with Crippen LogP contribution in [-0.4, -0.2) is 29.7 Å². The molecular weight excluding hydrogens is 789 g/mol. The van der Waals surface area contributed by atoms with E-state index >= 15 is 0 Å². The molecule has 0 amide bonds. The van der Waals surface area contributed by atoms with Crippen molar-refractivity contribution in [3.8, 4) is 0 Å². The van der Waals surface area contributed by atoms with Crippen LogP contribution in [0.2, 0.25) is 0 Å². The zero-order chi connectivity index (χ0) is 44.5. The Morgan fingerprint density at radius 1 is 0.338 bits per heavy atom. The number of hydrogen-bond acceptors (Lipinski definition) is 0. The molecule has 4 nitrogen and oxygen atoms in total. The van der Waals surface area contributed by atoms with Gasteiger partial charge >= 0.3 is 5.91 Å². The maximum atomic E-state index is 2.94. The molecule has 0 N–H and O–H groups in total. The topological polar surface area (TPSA) is 15.9 Å². The highest BCUT2D eigenvalue weighted by Crippen LogP contribution is 2.59. The molecule has 6 aliphatic rings. The molecule has 322 valence electrons. The first-order chi connectivity index (χ1) is 32.0. The van der Waals surface area contributed by atoms with Gasteiger partial charge in [-0.2, -0.15) is 9.13 Å². The van der Waals surface area contributed by atoms with Gasteiger partial charge in [0.15, 0.2) is 0 Å². The molecule has 6 aromatic rings. The highest BCUT2D eigenvalue weighted by Gasteiger charge is 2.76. The number of rotatable bonds is 12. The number of aromatic nitrogens is 2. The van der Waals surface area contributed by atoms with Crippen molar-refractivity contribution in [2.75, 3.05) is 0 Å². The van der Waals surface area contributed by atoms with E-state index in [0.717, 1.165) is 51.4 Å². The second-order valence-corrected chi connectivity index (χ2v) is 18.4. The summed E-state index contributed by atoms with van der Waals surface area (Å²) in [4.78, 5) is 0. The summed E-state index contributed by atoms with van der Waals surface area (Å²) in [6, 6.07) is 45.8. The summed E-state index contributed by atoms with van der Waals surface area (Å²) >= 11 is 0. The molecule has 0 unspecified atom stereocenters. The van der Waals surface area contributed by atoms with Crippen molar-refractivity contribution in [2.45, 2.75) is 113 Å². The van der Waals surface area contributed by atoms with Crippen molar-refractivity contribution in [1.29, 1.82) is 0 Å². The van der Waals surface area contributed by atoms with Gasteiger partial charge in [0.05, 0.1) is 44.4 Å². The van der Waals surface area contributed by atoms with Crippen LogP contribution in [0.25, 0.3) is 22.3 Å². The molecule has 4 aromatic carbocycles. The van der Waals surface area contributed by atoms with Crippen LogP contribution in [0.4, 0.5) is 0 Å². The number of benzene rings is 4. The van der Waals surface area contributed by atoms with Gasteiger partial charge in [0.1, 0.15) is 0 Å². The zero-order valence-electron chi connectivity index (χ0n) is 39.5. The Balaban J connectivity index is 1.49. The van der Waals surface area contributed by atoms with E-state index in [0.29, 0.717) is 0 Å². The summed E-state index contributed by atoms with van der Waals surface area (Å²) < 4.78 is 11.8. The minimum Gasteiger partial charge on any atom is -0.197 e. The highest BCUT2D eigenvalue weighted by molar-refractivity contribution is 6.33. The standard InChI is InChI=1S/C61H60N4/c1-9-41-42(10-2)54-50(38-31-23-18-24-32-38)56-45(13-5)46(14-6)58-52(40-35-27-20-28-36-40)60-48(16-8)47(15-7)59-51(39-33-25-19-26-34-39)57-44(12-4)43(11-3)55-49(37-29-21-17-22-30-37)53(41)62(54)61(63(55)57,64(56)58)65(59)60/h17-36H,9-16H2,1-8H3/q+2.